The lowest BCUT2D eigenvalue weighted by molar-refractivity contribution is 0.0535. The molecule has 2 rings (SSSR count). The van der Waals surface area contributed by atoms with Gasteiger partial charge in [-0.3, -0.25) is 4.79 Å². The van der Waals surface area contributed by atoms with Crippen molar-refractivity contribution < 1.29 is 19.1 Å². The van der Waals surface area contributed by atoms with E-state index < -0.39 is 5.97 Å². The molecule has 1 unspecified atom stereocenters. The van der Waals surface area contributed by atoms with Gasteiger partial charge in [0, 0.05) is 25.7 Å². The van der Waals surface area contributed by atoms with Crippen LogP contribution in [0.25, 0.3) is 0 Å². The van der Waals surface area contributed by atoms with Crippen molar-refractivity contribution in [3.8, 4) is 0 Å². The van der Waals surface area contributed by atoms with E-state index in [1.165, 1.54) is 12.1 Å². The molecular formula is C12H16N2O4. The third-order valence-electron chi connectivity index (χ3n) is 3.27. The maximum Gasteiger partial charge on any atom is 0.371 e. The van der Waals surface area contributed by atoms with E-state index in [2.05, 4.69) is 4.90 Å². The molecule has 1 aromatic rings. The van der Waals surface area contributed by atoms with Gasteiger partial charge in [0.2, 0.25) is 5.76 Å². The number of furan rings is 1. The predicted octanol–water partition coefficient (Wildman–Crippen LogP) is 0.754. The van der Waals surface area contributed by atoms with Gasteiger partial charge in [0.25, 0.3) is 5.91 Å². The second kappa shape index (κ2) is 4.81. The van der Waals surface area contributed by atoms with Crippen molar-refractivity contribution in [1.82, 2.24) is 9.80 Å². The minimum absolute atomic E-state index is 0.0872. The van der Waals surface area contributed by atoms with Crippen LogP contribution in [0.2, 0.25) is 0 Å². The molecule has 0 radical (unpaired) electrons. The summed E-state index contributed by atoms with van der Waals surface area (Å²) < 4.78 is 5.02. The van der Waals surface area contributed by atoms with Crippen LogP contribution in [0.4, 0.5) is 0 Å². The van der Waals surface area contributed by atoms with Gasteiger partial charge in [-0.05, 0) is 26.1 Å². The molecule has 1 aromatic heterocycles. The molecular weight excluding hydrogens is 236 g/mol. The highest BCUT2D eigenvalue weighted by Crippen LogP contribution is 2.14. The Hall–Kier alpha value is -1.82. The van der Waals surface area contributed by atoms with E-state index >= 15 is 0 Å². The van der Waals surface area contributed by atoms with Crippen LogP contribution in [0, 0.1) is 0 Å². The van der Waals surface area contributed by atoms with E-state index in [1.54, 1.807) is 4.90 Å². The first-order valence-electron chi connectivity index (χ1n) is 5.81. The summed E-state index contributed by atoms with van der Waals surface area (Å²) in [6, 6.07) is 3.00. The van der Waals surface area contributed by atoms with Crippen molar-refractivity contribution in [3.05, 3.63) is 23.7 Å². The van der Waals surface area contributed by atoms with E-state index in [1.807, 2.05) is 14.0 Å². The molecule has 2 heterocycles. The molecule has 0 aromatic carbocycles. The number of nitrogens with zero attached hydrogens (tertiary/aromatic N) is 2. The van der Waals surface area contributed by atoms with Crippen molar-refractivity contribution in [2.24, 2.45) is 0 Å². The number of carbonyl (C=O) groups is 2. The van der Waals surface area contributed by atoms with Gasteiger partial charge in [-0.2, -0.15) is 0 Å². The highest BCUT2D eigenvalue weighted by molar-refractivity contribution is 5.93. The zero-order valence-corrected chi connectivity index (χ0v) is 10.4. The molecule has 1 saturated heterocycles. The van der Waals surface area contributed by atoms with E-state index in [0.29, 0.717) is 13.1 Å². The summed E-state index contributed by atoms with van der Waals surface area (Å²) in [5.74, 6) is -1.53. The molecule has 98 valence electrons. The molecule has 1 N–H and O–H groups in total. The lowest BCUT2D eigenvalue weighted by Gasteiger charge is -2.37. The standard InChI is InChI=1S/C12H16N2O4/c1-8-7-14(6-5-13(8)2)11(15)9-3-4-10(18-9)12(16)17/h3-4,8H,5-7H2,1-2H3,(H,16,17). The fourth-order valence-corrected chi connectivity index (χ4v) is 1.96. The molecule has 1 aliphatic heterocycles. The second-order valence-electron chi connectivity index (χ2n) is 4.55. The first kappa shape index (κ1) is 12.6. The van der Waals surface area contributed by atoms with Crippen LogP contribution < -0.4 is 0 Å². The summed E-state index contributed by atoms with van der Waals surface area (Å²) >= 11 is 0. The zero-order valence-electron chi connectivity index (χ0n) is 10.4. The van der Waals surface area contributed by atoms with Gasteiger partial charge in [-0.15, -0.1) is 0 Å². The van der Waals surface area contributed by atoms with Gasteiger partial charge in [0.05, 0.1) is 0 Å². The number of carboxylic acids is 1. The van der Waals surface area contributed by atoms with Crippen molar-refractivity contribution in [1.29, 1.82) is 0 Å². The molecule has 0 bridgehead atoms. The minimum Gasteiger partial charge on any atom is -0.475 e. The van der Waals surface area contributed by atoms with Gasteiger partial charge in [-0.25, -0.2) is 4.79 Å². The smallest absolute Gasteiger partial charge is 0.371 e. The normalized spacial score (nSPS) is 21.0. The summed E-state index contributed by atoms with van der Waals surface area (Å²) in [7, 11) is 2.02. The van der Waals surface area contributed by atoms with Crippen LogP contribution in [0.1, 0.15) is 28.0 Å². The monoisotopic (exact) mass is 252 g/mol. The fourth-order valence-electron chi connectivity index (χ4n) is 1.96. The average Bonchev–Trinajstić information content (AvgIpc) is 2.81. The third kappa shape index (κ3) is 2.38. The largest absolute Gasteiger partial charge is 0.475 e. The lowest BCUT2D eigenvalue weighted by Crippen LogP contribution is -2.51. The molecule has 0 spiro atoms. The predicted molar refractivity (Wildman–Crippen MR) is 63.7 cm³/mol. The molecule has 0 saturated carbocycles. The minimum atomic E-state index is -1.17. The van der Waals surface area contributed by atoms with Gasteiger partial charge in [0.15, 0.2) is 5.76 Å². The number of hydrogen-bond acceptors (Lipinski definition) is 4. The SMILES string of the molecule is CC1CN(C(=O)c2ccc(C(=O)O)o2)CCN1C. The summed E-state index contributed by atoms with van der Waals surface area (Å²) in [5.41, 5.74) is 0. The van der Waals surface area contributed by atoms with Crippen LogP contribution in [-0.2, 0) is 0 Å². The van der Waals surface area contributed by atoms with Crippen LogP contribution in [0.15, 0.2) is 16.5 Å². The van der Waals surface area contributed by atoms with Crippen LogP contribution >= 0.6 is 0 Å². The first-order chi connectivity index (χ1) is 8.49. The Balaban J connectivity index is 2.09. The number of carboxylic acid groups (broad SMARTS) is 1. The number of hydrogen-bond donors (Lipinski definition) is 1. The molecule has 18 heavy (non-hydrogen) atoms. The topological polar surface area (TPSA) is 74.0 Å². The van der Waals surface area contributed by atoms with Crippen LogP contribution in [0.5, 0.6) is 0 Å². The number of aromatic carboxylic acids is 1. The van der Waals surface area contributed by atoms with Crippen molar-refractivity contribution in [2.45, 2.75) is 13.0 Å². The second-order valence-corrected chi connectivity index (χ2v) is 4.55. The average molecular weight is 252 g/mol. The number of likely N-dealkylation sites (N-methyl/N-ethyl adjacent to an activating group) is 1. The van der Waals surface area contributed by atoms with Crippen molar-refractivity contribution in [2.75, 3.05) is 26.7 Å². The number of piperazine rings is 1. The van der Waals surface area contributed by atoms with Gasteiger partial charge in [-0.1, -0.05) is 0 Å². The Morgan fingerprint density at radius 3 is 2.56 bits per heavy atom. The highest BCUT2D eigenvalue weighted by Gasteiger charge is 2.27. The van der Waals surface area contributed by atoms with E-state index in [0.717, 1.165) is 6.54 Å². The molecule has 0 aliphatic carbocycles. The quantitative estimate of drug-likeness (QED) is 0.841. The summed E-state index contributed by atoms with van der Waals surface area (Å²) in [4.78, 5) is 26.7. The Morgan fingerprint density at radius 1 is 1.33 bits per heavy atom. The Kier molecular flexibility index (Phi) is 3.38. The van der Waals surface area contributed by atoms with Gasteiger partial charge < -0.3 is 19.3 Å². The molecule has 6 heteroatoms. The van der Waals surface area contributed by atoms with Gasteiger partial charge >= 0.3 is 5.97 Å². The maximum absolute atomic E-state index is 12.1. The molecule has 1 fully saturated rings. The van der Waals surface area contributed by atoms with E-state index in [9.17, 15) is 9.59 Å². The Bertz CT molecular complexity index is 468. The fraction of sp³-hybridized carbons (Fsp3) is 0.500. The summed E-state index contributed by atoms with van der Waals surface area (Å²) in [6.45, 7) is 4.10. The molecule has 6 nitrogen and oxygen atoms in total. The number of amides is 1. The molecule has 1 amide bonds. The van der Waals surface area contributed by atoms with E-state index in [-0.39, 0.29) is 23.5 Å². The zero-order chi connectivity index (χ0) is 13.3. The molecule has 1 atom stereocenters. The van der Waals surface area contributed by atoms with E-state index in [4.69, 9.17) is 9.52 Å². The number of rotatable bonds is 2. The van der Waals surface area contributed by atoms with Crippen molar-refractivity contribution in [3.63, 3.8) is 0 Å². The van der Waals surface area contributed by atoms with Crippen molar-refractivity contribution >= 4 is 11.9 Å². The third-order valence-corrected chi connectivity index (χ3v) is 3.27. The Labute approximate surface area is 105 Å². The first-order valence-corrected chi connectivity index (χ1v) is 5.81. The molecule has 1 aliphatic rings. The Morgan fingerprint density at radius 2 is 2.00 bits per heavy atom. The van der Waals surface area contributed by atoms with Crippen LogP contribution in [-0.4, -0.2) is 59.5 Å². The van der Waals surface area contributed by atoms with Gasteiger partial charge in [0.1, 0.15) is 0 Å². The van der Waals surface area contributed by atoms with Crippen LogP contribution in [0.3, 0.4) is 0 Å². The maximum atomic E-state index is 12.1. The number of carbonyl (C=O) groups excluding carboxylic acids is 1. The highest BCUT2D eigenvalue weighted by atomic mass is 16.4. The lowest BCUT2D eigenvalue weighted by atomic mass is 10.2. The summed E-state index contributed by atoms with van der Waals surface area (Å²) in [6.07, 6.45) is 0. The summed E-state index contributed by atoms with van der Waals surface area (Å²) in [5, 5.41) is 8.74.